The Labute approximate surface area is 113 Å². The number of hydrogen-bond donors (Lipinski definition) is 0. The Morgan fingerprint density at radius 2 is 1.75 bits per heavy atom. The predicted molar refractivity (Wildman–Crippen MR) is 67.3 cm³/mol. The molecule has 20 heavy (non-hydrogen) atoms. The molecule has 2 nitrogen and oxygen atoms in total. The second kappa shape index (κ2) is 5.77. The predicted octanol–water partition coefficient (Wildman–Crippen LogP) is 3.54. The summed E-state index contributed by atoms with van der Waals surface area (Å²) in [6, 6.07) is 6.89. The molecule has 5 heteroatoms. The fourth-order valence-corrected chi connectivity index (χ4v) is 1.84. The maximum Gasteiger partial charge on any atom is 0.168 e. The van der Waals surface area contributed by atoms with Gasteiger partial charge >= 0.3 is 0 Å². The van der Waals surface area contributed by atoms with Gasteiger partial charge < -0.3 is 4.74 Å². The number of ether oxygens (including phenoxy) is 1. The largest absolute Gasteiger partial charge is 0.494 e. The molecule has 104 valence electrons. The van der Waals surface area contributed by atoms with Crippen molar-refractivity contribution < 1.29 is 22.7 Å². The first-order valence-electron chi connectivity index (χ1n) is 5.82. The zero-order valence-corrected chi connectivity index (χ0v) is 10.6. The van der Waals surface area contributed by atoms with Gasteiger partial charge in [-0.3, -0.25) is 4.79 Å². The molecule has 0 saturated carbocycles. The number of halogens is 3. The van der Waals surface area contributed by atoms with Crippen LogP contribution in [0.25, 0.3) is 0 Å². The quantitative estimate of drug-likeness (QED) is 0.801. The molecule has 0 N–H and O–H groups in total. The first-order valence-corrected chi connectivity index (χ1v) is 5.82. The Balaban J connectivity index is 2.28. The molecule has 0 heterocycles. The average molecular weight is 280 g/mol. The van der Waals surface area contributed by atoms with Crippen LogP contribution < -0.4 is 4.74 Å². The molecule has 0 aliphatic heterocycles. The summed E-state index contributed by atoms with van der Waals surface area (Å²) in [6.45, 7) is 0. The lowest BCUT2D eigenvalue weighted by Gasteiger charge is -2.07. The van der Waals surface area contributed by atoms with Gasteiger partial charge in [-0.15, -0.1) is 0 Å². The van der Waals surface area contributed by atoms with Gasteiger partial charge in [0.05, 0.1) is 7.11 Å². The molecule has 0 spiro atoms. The Hall–Kier alpha value is -2.30. The Morgan fingerprint density at radius 3 is 2.35 bits per heavy atom. The summed E-state index contributed by atoms with van der Waals surface area (Å²) in [5.41, 5.74) is -0.0243. The molecular formula is C15H11F3O2. The monoisotopic (exact) mass is 280 g/mol. The third-order valence-corrected chi connectivity index (χ3v) is 2.80. The molecule has 2 aromatic rings. The van der Waals surface area contributed by atoms with E-state index >= 15 is 0 Å². The van der Waals surface area contributed by atoms with Crippen LogP contribution in [-0.4, -0.2) is 12.9 Å². The van der Waals surface area contributed by atoms with Crippen molar-refractivity contribution in [3.05, 3.63) is 65.0 Å². The van der Waals surface area contributed by atoms with Crippen molar-refractivity contribution in [1.82, 2.24) is 0 Å². The van der Waals surface area contributed by atoms with Crippen LogP contribution in [0.3, 0.4) is 0 Å². The highest BCUT2D eigenvalue weighted by molar-refractivity contribution is 5.97. The maximum atomic E-state index is 13.9. The highest BCUT2D eigenvalue weighted by Gasteiger charge is 2.15. The average Bonchev–Trinajstić information content (AvgIpc) is 2.40. The molecule has 0 bridgehead atoms. The molecule has 0 aliphatic rings. The molecule has 0 unspecified atom stereocenters. The lowest BCUT2D eigenvalue weighted by atomic mass is 10.0. The number of carbonyl (C=O) groups is 1. The van der Waals surface area contributed by atoms with E-state index in [1.165, 1.54) is 25.3 Å². The summed E-state index contributed by atoms with van der Waals surface area (Å²) in [5.74, 6) is -2.91. The minimum atomic E-state index is -0.848. The maximum absolute atomic E-state index is 13.9. The van der Waals surface area contributed by atoms with Crippen molar-refractivity contribution in [2.45, 2.75) is 6.42 Å². The van der Waals surface area contributed by atoms with E-state index in [0.717, 1.165) is 12.1 Å². The molecule has 0 aliphatic carbocycles. The van der Waals surface area contributed by atoms with Crippen LogP contribution in [0.15, 0.2) is 36.4 Å². The summed E-state index contributed by atoms with van der Waals surface area (Å²) >= 11 is 0. The zero-order valence-electron chi connectivity index (χ0n) is 10.6. The van der Waals surface area contributed by atoms with Gasteiger partial charge in [0.25, 0.3) is 0 Å². The third kappa shape index (κ3) is 2.99. The van der Waals surface area contributed by atoms with Crippen LogP contribution in [0.5, 0.6) is 5.75 Å². The van der Waals surface area contributed by atoms with Crippen LogP contribution in [0.2, 0.25) is 0 Å². The van der Waals surface area contributed by atoms with Gasteiger partial charge in [0, 0.05) is 18.1 Å². The molecule has 2 aromatic carbocycles. The Kier molecular flexibility index (Phi) is 4.08. The van der Waals surface area contributed by atoms with Gasteiger partial charge in [-0.1, -0.05) is 12.1 Å². The number of methoxy groups -OCH3 is 1. The molecule has 0 fully saturated rings. The van der Waals surface area contributed by atoms with E-state index in [1.807, 2.05) is 0 Å². The van der Waals surface area contributed by atoms with E-state index in [-0.39, 0.29) is 23.3 Å². The summed E-state index contributed by atoms with van der Waals surface area (Å²) in [5, 5.41) is 0. The smallest absolute Gasteiger partial charge is 0.168 e. The van der Waals surface area contributed by atoms with Crippen molar-refractivity contribution in [3.8, 4) is 5.75 Å². The van der Waals surface area contributed by atoms with E-state index in [4.69, 9.17) is 4.74 Å². The summed E-state index contributed by atoms with van der Waals surface area (Å²) in [4.78, 5) is 11.9. The zero-order chi connectivity index (χ0) is 14.7. The summed E-state index contributed by atoms with van der Waals surface area (Å²) < 4.78 is 44.8. The number of rotatable bonds is 4. The van der Waals surface area contributed by atoms with Crippen molar-refractivity contribution in [1.29, 1.82) is 0 Å². The van der Waals surface area contributed by atoms with Gasteiger partial charge in [-0.25, -0.2) is 13.2 Å². The number of ketones is 1. The van der Waals surface area contributed by atoms with Crippen molar-refractivity contribution in [3.63, 3.8) is 0 Å². The van der Waals surface area contributed by atoms with E-state index < -0.39 is 23.2 Å². The Bertz CT molecular complexity index is 633. The fourth-order valence-electron chi connectivity index (χ4n) is 1.84. The minimum absolute atomic E-state index is 0.0146. The van der Waals surface area contributed by atoms with E-state index in [0.29, 0.717) is 6.07 Å². The van der Waals surface area contributed by atoms with E-state index in [2.05, 4.69) is 0 Å². The van der Waals surface area contributed by atoms with Crippen molar-refractivity contribution in [2.75, 3.05) is 7.11 Å². The van der Waals surface area contributed by atoms with Crippen LogP contribution in [0.4, 0.5) is 13.2 Å². The van der Waals surface area contributed by atoms with Crippen LogP contribution in [-0.2, 0) is 6.42 Å². The Morgan fingerprint density at radius 1 is 1.10 bits per heavy atom. The molecule has 0 saturated heterocycles. The lowest BCUT2D eigenvalue weighted by Crippen LogP contribution is -2.07. The molecular weight excluding hydrogens is 269 g/mol. The summed E-state index contributed by atoms with van der Waals surface area (Å²) in [7, 11) is 1.31. The highest BCUT2D eigenvalue weighted by atomic mass is 19.1. The topological polar surface area (TPSA) is 26.3 Å². The first-order chi connectivity index (χ1) is 9.51. The number of benzene rings is 2. The minimum Gasteiger partial charge on any atom is -0.494 e. The molecule has 2 rings (SSSR count). The van der Waals surface area contributed by atoms with E-state index in [9.17, 15) is 18.0 Å². The second-order valence-corrected chi connectivity index (χ2v) is 4.19. The molecule has 0 amide bonds. The van der Waals surface area contributed by atoms with E-state index in [1.54, 1.807) is 0 Å². The van der Waals surface area contributed by atoms with Crippen LogP contribution in [0, 0.1) is 17.5 Å². The lowest BCUT2D eigenvalue weighted by molar-refractivity contribution is 0.0991. The normalized spacial score (nSPS) is 10.4. The third-order valence-electron chi connectivity index (χ3n) is 2.80. The SMILES string of the molecule is COc1cccc(CC(=O)c2cc(F)cc(F)c2)c1F. The standard InChI is InChI=1S/C15H11F3O2/c1-20-14-4-2-3-9(15(14)18)7-13(19)10-5-11(16)8-12(17)6-10/h2-6,8H,7H2,1H3. The van der Waals surface area contributed by atoms with Crippen LogP contribution in [0.1, 0.15) is 15.9 Å². The number of hydrogen-bond acceptors (Lipinski definition) is 2. The first kappa shape index (κ1) is 14.1. The number of Topliss-reactive ketones (excluding diaryl/α,β-unsaturated/α-hetero) is 1. The van der Waals surface area contributed by atoms with Gasteiger partial charge in [0.2, 0.25) is 0 Å². The van der Waals surface area contributed by atoms with Gasteiger partial charge in [0.1, 0.15) is 11.6 Å². The highest BCUT2D eigenvalue weighted by Crippen LogP contribution is 2.21. The van der Waals surface area contributed by atoms with Gasteiger partial charge in [-0.2, -0.15) is 0 Å². The second-order valence-electron chi connectivity index (χ2n) is 4.19. The van der Waals surface area contributed by atoms with Gasteiger partial charge in [-0.05, 0) is 23.8 Å². The van der Waals surface area contributed by atoms with Crippen molar-refractivity contribution in [2.24, 2.45) is 0 Å². The fraction of sp³-hybridized carbons (Fsp3) is 0.133. The summed E-state index contributed by atoms with van der Waals surface area (Å²) in [6.07, 6.45) is -0.300. The molecule has 0 aromatic heterocycles. The van der Waals surface area contributed by atoms with Crippen molar-refractivity contribution >= 4 is 5.78 Å². The molecule has 0 radical (unpaired) electrons. The molecule has 0 atom stereocenters. The van der Waals surface area contributed by atoms with Crippen LogP contribution >= 0.6 is 0 Å². The van der Waals surface area contributed by atoms with Gasteiger partial charge in [0.15, 0.2) is 17.3 Å². The number of carbonyl (C=O) groups excluding carboxylic acids is 1.